The first-order valence-corrected chi connectivity index (χ1v) is 12.2. The van der Waals surface area contributed by atoms with Gasteiger partial charge in [0.05, 0.1) is 12.3 Å². The second-order valence-corrected chi connectivity index (χ2v) is 9.79. The van der Waals surface area contributed by atoms with Crippen molar-refractivity contribution in [2.45, 2.75) is 39.3 Å². The van der Waals surface area contributed by atoms with Gasteiger partial charge in [0.15, 0.2) is 5.76 Å². The molecule has 1 atom stereocenters. The van der Waals surface area contributed by atoms with E-state index in [1.807, 2.05) is 43.9 Å². The van der Waals surface area contributed by atoms with E-state index in [2.05, 4.69) is 11.4 Å². The lowest BCUT2D eigenvalue weighted by molar-refractivity contribution is -0.136. The first-order chi connectivity index (χ1) is 15.8. The monoisotopic (exact) mass is 486 g/mol. The average Bonchev–Trinajstić information content (AvgIpc) is 3.49. The van der Waals surface area contributed by atoms with Crippen molar-refractivity contribution in [2.24, 2.45) is 0 Å². The number of aryl methyl sites for hydroxylation is 1. The predicted octanol–water partition coefficient (Wildman–Crippen LogP) is 5.36. The largest absolute Gasteiger partial charge is 0.491 e. The maximum atomic E-state index is 13.5. The van der Waals surface area contributed by atoms with Gasteiger partial charge in [0.1, 0.15) is 18.9 Å². The van der Waals surface area contributed by atoms with Crippen molar-refractivity contribution in [2.75, 3.05) is 19.7 Å². The molecule has 4 rings (SSSR count). The summed E-state index contributed by atoms with van der Waals surface area (Å²) in [5, 5.41) is 2.74. The fourth-order valence-corrected chi connectivity index (χ4v) is 5.07. The van der Waals surface area contributed by atoms with Crippen LogP contribution in [0.5, 0.6) is 5.75 Å². The molecule has 0 aliphatic carbocycles. The number of furan rings is 1. The van der Waals surface area contributed by atoms with Gasteiger partial charge in [0.25, 0.3) is 5.91 Å². The highest BCUT2D eigenvalue weighted by Gasteiger charge is 2.34. The number of amides is 2. The first-order valence-electron chi connectivity index (χ1n) is 10.9. The third kappa shape index (κ3) is 5.09. The van der Waals surface area contributed by atoms with Crippen LogP contribution in [0, 0.1) is 6.92 Å². The number of fused-ring (bicyclic) bond motifs is 1. The fraction of sp³-hybridized carbons (Fsp3) is 0.360. The van der Waals surface area contributed by atoms with Crippen molar-refractivity contribution in [3.8, 4) is 5.75 Å². The quantitative estimate of drug-likeness (QED) is 0.451. The molecule has 0 fully saturated rings. The van der Waals surface area contributed by atoms with Gasteiger partial charge in [-0.15, -0.1) is 11.3 Å². The molecule has 1 aliphatic rings. The molecule has 2 aromatic heterocycles. The summed E-state index contributed by atoms with van der Waals surface area (Å²) >= 11 is 7.84. The van der Waals surface area contributed by atoms with Gasteiger partial charge in [-0.3, -0.25) is 9.59 Å². The maximum absolute atomic E-state index is 13.5. The molecule has 0 saturated carbocycles. The Hall–Kier alpha value is -2.77. The average molecular weight is 487 g/mol. The Labute approximate surface area is 202 Å². The van der Waals surface area contributed by atoms with Crippen LogP contribution in [0.2, 0.25) is 5.02 Å². The lowest BCUT2D eigenvalue weighted by Crippen LogP contribution is -2.49. The van der Waals surface area contributed by atoms with Gasteiger partial charge in [0, 0.05) is 22.5 Å². The van der Waals surface area contributed by atoms with Gasteiger partial charge in [-0.1, -0.05) is 11.6 Å². The zero-order chi connectivity index (χ0) is 23.5. The van der Waals surface area contributed by atoms with E-state index < -0.39 is 0 Å². The van der Waals surface area contributed by atoms with Crippen LogP contribution in [-0.4, -0.2) is 47.4 Å². The van der Waals surface area contributed by atoms with Gasteiger partial charge in [-0.2, -0.15) is 0 Å². The van der Waals surface area contributed by atoms with E-state index in [1.165, 1.54) is 11.1 Å². The van der Waals surface area contributed by atoms with Gasteiger partial charge < -0.3 is 19.0 Å². The topological polar surface area (TPSA) is 63.0 Å². The number of rotatable bonds is 7. The third-order valence-electron chi connectivity index (χ3n) is 5.87. The number of nitrogens with zero attached hydrogens (tertiary/aromatic N) is 2. The van der Waals surface area contributed by atoms with Crippen LogP contribution in [0.4, 0.5) is 0 Å². The third-order valence-corrected chi connectivity index (χ3v) is 7.29. The Morgan fingerprint density at radius 2 is 2.12 bits per heavy atom. The molecule has 1 aliphatic heterocycles. The molecule has 0 saturated heterocycles. The molecule has 3 heterocycles. The molecule has 174 valence electrons. The van der Waals surface area contributed by atoms with E-state index in [4.69, 9.17) is 20.8 Å². The number of hydrogen-bond donors (Lipinski definition) is 0. The minimum absolute atomic E-state index is 0.0206. The van der Waals surface area contributed by atoms with E-state index >= 15 is 0 Å². The van der Waals surface area contributed by atoms with Crippen LogP contribution in [0.1, 0.15) is 46.4 Å². The molecule has 0 spiro atoms. The SMILES string of the molecule is Cc1cc(OCC2c3ccsc3CCN2C(=O)CN(C(=O)c2ccco2)C(C)C)ccc1Cl. The molecule has 0 bridgehead atoms. The van der Waals surface area contributed by atoms with Crippen LogP contribution in [-0.2, 0) is 11.2 Å². The number of thiophene rings is 1. The minimum atomic E-state index is -0.291. The van der Waals surface area contributed by atoms with Crippen LogP contribution >= 0.6 is 22.9 Å². The Kier molecular flexibility index (Phi) is 7.10. The van der Waals surface area contributed by atoms with Crippen molar-refractivity contribution in [3.63, 3.8) is 0 Å². The Bertz CT molecular complexity index is 1130. The number of benzene rings is 1. The summed E-state index contributed by atoms with van der Waals surface area (Å²) in [5.74, 6) is 0.541. The molecule has 1 unspecified atom stereocenters. The molecule has 3 aromatic rings. The number of halogens is 1. The molecule has 0 radical (unpaired) electrons. The summed E-state index contributed by atoms with van der Waals surface area (Å²) in [5.41, 5.74) is 2.05. The first kappa shape index (κ1) is 23.4. The van der Waals surface area contributed by atoms with Crippen LogP contribution in [0.3, 0.4) is 0 Å². The summed E-state index contributed by atoms with van der Waals surface area (Å²) in [4.78, 5) is 31.0. The van der Waals surface area contributed by atoms with Crippen molar-refractivity contribution >= 4 is 34.8 Å². The lowest BCUT2D eigenvalue weighted by Gasteiger charge is -2.37. The Morgan fingerprint density at radius 1 is 1.30 bits per heavy atom. The Morgan fingerprint density at radius 3 is 2.82 bits per heavy atom. The molecule has 33 heavy (non-hydrogen) atoms. The van der Waals surface area contributed by atoms with Crippen LogP contribution in [0.15, 0.2) is 52.5 Å². The second-order valence-electron chi connectivity index (χ2n) is 8.38. The Balaban J connectivity index is 1.53. The normalized spacial score (nSPS) is 15.4. The molecule has 6 nitrogen and oxygen atoms in total. The molecule has 8 heteroatoms. The van der Waals surface area contributed by atoms with Gasteiger partial charge >= 0.3 is 0 Å². The number of ether oxygens (including phenoxy) is 1. The van der Waals surface area contributed by atoms with Crippen molar-refractivity contribution in [1.29, 1.82) is 0 Å². The van der Waals surface area contributed by atoms with E-state index in [-0.39, 0.29) is 36.2 Å². The van der Waals surface area contributed by atoms with E-state index in [0.29, 0.717) is 23.9 Å². The summed E-state index contributed by atoms with van der Waals surface area (Å²) in [6.45, 7) is 6.60. The molecular weight excluding hydrogens is 460 g/mol. The summed E-state index contributed by atoms with van der Waals surface area (Å²) in [7, 11) is 0. The van der Waals surface area contributed by atoms with E-state index in [9.17, 15) is 9.59 Å². The standard InChI is InChI=1S/C25H27ClN2O4S/c1-16(2)28(25(30)22-5-4-11-31-22)14-24(29)27-10-8-23-19(9-12-33-23)21(27)15-32-18-6-7-20(26)17(3)13-18/h4-7,9,11-13,16,21H,8,10,14-15H2,1-3H3. The summed E-state index contributed by atoms with van der Waals surface area (Å²) < 4.78 is 11.4. The van der Waals surface area contributed by atoms with Gasteiger partial charge in [-0.25, -0.2) is 0 Å². The maximum Gasteiger partial charge on any atom is 0.290 e. The minimum Gasteiger partial charge on any atom is -0.491 e. The van der Waals surface area contributed by atoms with Crippen molar-refractivity contribution < 1.29 is 18.7 Å². The molecular formula is C25H27ClN2O4S. The van der Waals surface area contributed by atoms with E-state index in [0.717, 1.165) is 17.5 Å². The highest BCUT2D eigenvalue weighted by atomic mass is 35.5. The highest BCUT2D eigenvalue weighted by molar-refractivity contribution is 7.10. The molecule has 0 N–H and O–H groups in total. The van der Waals surface area contributed by atoms with Gasteiger partial charge in [0.2, 0.25) is 5.91 Å². The fourth-order valence-electron chi connectivity index (χ4n) is 4.02. The smallest absolute Gasteiger partial charge is 0.290 e. The van der Waals surface area contributed by atoms with E-state index in [1.54, 1.807) is 28.4 Å². The highest BCUT2D eigenvalue weighted by Crippen LogP contribution is 2.34. The zero-order valence-electron chi connectivity index (χ0n) is 18.9. The zero-order valence-corrected chi connectivity index (χ0v) is 20.5. The van der Waals surface area contributed by atoms with Gasteiger partial charge in [-0.05, 0) is 80.1 Å². The molecule has 1 aromatic carbocycles. The number of hydrogen-bond acceptors (Lipinski definition) is 5. The van der Waals surface area contributed by atoms with Crippen molar-refractivity contribution in [3.05, 3.63) is 74.8 Å². The predicted molar refractivity (Wildman–Crippen MR) is 129 cm³/mol. The van der Waals surface area contributed by atoms with Crippen LogP contribution in [0.25, 0.3) is 0 Å². The molecule has 2 amide bonds. The summed E-state index contributed by atoms with van der Waals surface area (Å²) in [6, 6.07) is 10.5. The van der Waals surface area contributed by atoms with Crippen LogP contribution < -0.4 is 4.74 Å². The lowest BCUT2D eigenvalue weighted by atomic mass is 10.00. The number of carbonyl (C=O) groups is 2. The number of carbonyl (C=O) groups excluding carboxylic acids is 2. The second kappa shape index (κ2) is 10.0. The summed E-state index contributed by atoms with van der Waals surface area (Å²) in [6.07, 6.45) is 2.26. The van der Waals surface area contributed by atoms with Crippen molar-refractivity contribution in [1.82, 2.24) is 9.80 Å².